The zero-order valence-electron chi connectivity index (χ0n) is 13.1. The summed E-state index contributed by atoms with van der Waals surface area (Å²) in [5.41, 5.74) is 0.622. The lowest BCUT2D eigenvalue weighted by Gasteiger charge is -2.22. The zero-order valence-corrected chi connectivity index (χ0v) is 13.9. The number of rotatable bonds is 4. The number of benzene rings is 2. The second-order valence-electron chi connectivity index (χ2n) is 5.40. The molecule has 0 radical (unpaired) electrons. The molecule has 1 atom stereocenters. The lowest BCUT2D eigenvalue weighted by atomic mass is 10.1. The van der Waals surface area contributed by atoms with Gasteiger partial charge in [-0.3, -0.25) is 0 Å². The number of urea groups is 1. The number of nitrogens with zero attached hydrogens (tertiary/aromatic N) is 1. The van der Waals surface area contributed by atoms with Gasteiger partial charge in [-0.1, -0.05) is 23.7 Å². The molecule has 128 valence electrons. The Morgan fingerprint density at radius 3 is 2.50 bits per heavy atom. The van der Waals surface area contributed by atoms with E-state index in [1.165, 1.54) is 36.2 Å². The molecule has 2 amide bonds. The number of nitrogens with one attached hydrogen (secondary N) is 1. The smallest absolute Gasteiger partial charge is 0.317 e. The minimum absolute atomic E-state index is 0.0260. The van der Waals surface area contributed by atoms with Gasteiger partial charge in [0.15, 0.2) is 11.6 Å². The van der Waals surface area contributed by atoms with Crippen LogP contribution in [0.4, 0.5) is 18.0 Å². The molecule has 1 unspecified atom stereocenters. The van der Waals surface area contributed by atoms with E-state index in [1.54, 1.807) is 6.92 Å². The van der Waals surface area contributed by atoms with E-state index in [-0.39, 0.29) is 17.1 Å². The van der Waals surface area contributed by atoms with Crippen LogP contribution < -0.4 is 5.32 Å². The van der Waals surface area contributed by atoms with Gasteiger partial charge >= 0.3 is 6.03 Å². The predicted molar refractivity (Wildman–Crippen MR) is 86.2 cm³/mol. The van der Waals surface area contributed by atoms with Crippen molar-refractivity contribution in [1.29, 1.82) is 0 Å². The fraction of sp³-hybridized carbons (Fsp3) is 0.235. The Kier molecular flexibility index (Phi) is 5.72. The molecule has 0 fully saturated rings. The Hall–Kier alpha value is -2.21. The highest BCUT2D eigenvalue weighted by Crippen LogP contribution is 2.21. The minimum Gasteiger partial charge on any atom is -0.331 e. The second-order valence-corrected chi connectivity index (χ2v) is 5.81. The van der Waals surface area contributed by atoms with Crippen molar-refractivity contribution in [2.75, 3.05) is 7.05 Å². The van der Waals surface area contributed by atoms with Crippen LogP contribution in [0.3, 0.4) is 0 Å². The predicted octanol–water partition coefficient (Wildman–Crippen LogP) is 4.66. The van der Waals surface area contributed by atoms with Crippen molar-refractivity contribution in [2.24, 2.45) is 0 Å². The molecule has 2 aromatic carbocycles. The van der Waals surface area contributed by atoms with Gasteiger partial charge in [0.05, 0.1) is 12.6 Å². The van der Waals surface area contributed by atoms with E-state index in [1.807, 2.05) is 0 Å². The molecule has 0 heterocycles. The van der Waals surface area contributed by atoms with Crippen LogP contribution in [-0.4, -0.2) is 18.0 Å². The van der Waals surface area contributed by atoms with Gasteiger partial charge in [0.1, 0.15) is 5.82 Å². The molecule has 2 rings (SSSR count). The molecular weight excluding hydrogens is 341 g/mol. The number of hydrogen-bond donors (Lipinski definition) is 1. The van der Waals surface area contributed by atoms with Crippen molar-refractivity contribution in [3.05, 3.63) is 70.0 Å². The van der Waals surface area contributed by atoms with E-state index in [2.05, 4.69) is 5.32 Å². The summed E-state index contributed by atoms with van der Waals surface area (Å²) in [6.45, 7) is 1.61. The monoisotopic (exact) mass is 356 g/mol. The van der Waals surface area contributed by atoms with Crippen LogP contribution >= 0.6 is 11.6 Å². The average molecular weight is 357 g/mol. The van der Waals surface area contributed by atoms with Crippen molar-refractivity contribution in [3.63, 3.8) is 0 Å². The minimum atomic E-state index is -0.986. The SMILES string of the molecule is CC(NC(=O)N(C)Cc1c(F)cccc1Cl)c1ccc(F)c(F)c1. The van der Waals surface area contributed by atoms with Crippen molar-refractivity contribution in [1.82, 2.24) is 10.2 Å². The number of carbonyl (C=O) groups excluding carboxylic acids is 1. The van der Waals surface area contributed by atoms with Crippen LogP contribution in [0.1, 0.15) is 24.1 Å². The third kappa shape index (κ3) is 4.20. The first-order valence-corrected chi connectivity index (χ1v) is 7.57. The summed E-state index contributed by atoms with van der Waals surface area (Å²) in [6, 6.07) is 6.64. The molecule has 0 saturated carbocycles. The second kappa shape index (κ2) is 7.57. The summed E-state index contributed by atoms with van der Waals surface area (Å²) in [4.78, 5) is 13.4. The summed E-state index contributed by atoms with van der Waals surface area (Å²) in [6.07, 6.45) is 0. The molecule has 1 N–H and O–H groups in total. The van der Waals surface area contributed by atoms with Crippen molar-refractivity contribution in [2.45, 2.75) is 19.5 Å². The molecule has 0 aliphatic heterocycles. The van der Waals surface area contributed by atoms with Crippen LogP contribution in [0.2, 0.25) is 5.02 Å². The standard InChI is InChI=1S/C17H16ClF3N2O/c1-10(11-6-7-15(20)16(21)8-11)22-17(24)23(2)9-12-13(18)4-3-5-14(12)19/h3-8,10H,9H2,1-2H3,(H,22,24). The van der Waals surface area contributed by atoms with Gasteiger partial charge in [-0.25, -0.2) is 18.0 Å². The molecule has 0 bridgehead atoms. The van der Waals surface area contributed by atoms with E-state index in [0.717, 1.165) is 12.1 Å². The molecule has 2 aromatic rings. The number of halogens is 4. The van der Waals surface area contributed by atoms with Gasteiger partial charge in [0.2, 0.25) is 0 Å². The molecule has 24 heavy (non-hydrogen) atoms. The molecule has 7 heteroatoms. The first kappa shape index (κ1) is 18.1. The maximum Gasteiger partial charge on any atom is 0.317 e. The first-order chi connectivity index (χ1) is 11.3. The Morgan fingerprint density at radius 2 is 1.88 bits per heavy atom. The summed E-state index contributed by atoms with van der Waals surface area (Å²) in [7, 11) is 1.48. The first-order valence-electron chi connectivity index (χ1n) is 7.19. The highest BCUT2D eigenvalue weighted by atomic mass is 35.5. The molecule has 0 spiro atoms. The highest BCUT2D eigenvalue weighted by molar-refractivity contribution is 6.31. The largest absolute Gasteiger partial charge is 0.331 e. The summed E-state index contributed by atoms with van der Waals surface area (Å²) < 4.78 is 40.0. The fourth-order valence-corrected chi connectivity index (χ4v) is 2.38. The summed E-state index contributed by atoms with van der Waals surface area (Å²) in [5.74, 6) is -2.44. The summed E-state index contributed by atoms with van der Waals surface area (Å²) in [5, 5.41) is 2.86. The molecule has 3 nitrogen and oxygen atoms in total. The maximum absolute atomic E-state index is 13.8. The lowest BCUT2D eigenvalue weighted by Crippen LogP contribution is -2.38. The van der Waals surface area contributed by atoms with Crippen molar-refractivity contribution >= 4 is 17.6 Å². The zero-order chi connectivity index (χ0) is 17.9. The van der Waals surface area contributed by atoms with E-state index < -0.39 is 29.5 Å². The van der Waals surface area contributed by atoms with E-state index in [4.69, 9.17) is 11.6 Å². The topological polar surface area (TPSA) is 32.3 Å². The quantitative estimate of drug-likeness (QED) is 0.849. The van der Waals surface area contributed by atoms with Crippen molar-refractivity contribution < 1.29 is 18.0 Å². The van der Waals surface area contributed by atoms with E-state index in [9.17, 15) is 18.0 Å². The Labute approximate surface area is 143 Å². The van der Waals surface area contributed by atoms with Crippen LogP contribution in [0, 0.1) is 17.5 Å². The van der Waals surface area contributed by atoms with Gasteiger partial charge in [-0.2, -0.15) is 0 Å². The van der Waals surface area contributed by atoms with Gasteiger partial charge in [-0.15, -0.1) is 0 Å². The van der Waals surface area contributed by atoms with E-state index in [0.29, 0.717) is 5.56 Å². The van der Waals surface area contributed by atoms with Gasteiger partial charge < -0.3 is 10.2 Å². The maximum atomic E-state index is 13.8. The van der Waals surface area contributed by atoms with Gasteiger partial charge in [-0.05, 0) is 36.8 Å². The molecule has 0 aliphatic carbocycles. The van der Waals surface area contributed by atoms with Crippen molar-refractivity contribution in [3.8, 4) is 0 Å². The highest BCUT2D eigenvalue weighted by Gasteiger charge is 2.17. The fourth-order valence-electron chi connectivity index (χ4n) is 2.15. The summed E-state index contributed by atoms with van der Waals surface area (Å²) >= 11 is 5.94. The number of amides is 2. The number of hydrogen-bond acceptors (Lipinski definition) is 1. The van der Waals surface area contributed by atoms with Crippen LogP contribution in [-0.2, 0) is 6.54 Å². The van der Waals surface area contributed by atoms with Crippen LogP contribution in [0.15, 0.2) is 36.4 Å². The third-order valence-corrected chi connectivity index (χ3v) is 3.94. The number of carbonyl (C=O) groups is 1. The Morgan fingerprint density at radius 1 is 1.17 bits per heavy atom. The molecule has 0 saturated heterocycles. The lowest BCUT2D eigenvalue weighted by molar-refractivity contribution is 0.203. The molecule has 0 aromatic heterocycles. The normalized spacial score (nSPS) is 11.9. The van der Waals surface area contributed by atoms with E-state index >= 15 is 0 Å². The van der Waals surface area contributed by atoms with Crippen LogP contribution in [0.25, 0.3) is 0 Å². The van der Waals surface area contributed by atoms with Crippen LogP contribution in [0.5, 0.6) is 0 Å². The Bertz CT molecular complexity index is 734. The average Bonchev–Trinajstić information content (AvgIpc) is 2.53. The van der Waals surface area contributed by atoms with Gasteiger partial charge in [0.25, 0.3) is 0 Å². The third-order valence-electron chi connectivity index (χ3n) is 3.59. The molecular formula is C17H16ClF3N2O. The van der Waals surface area contributed by atoms with Gasteiger partial charge in [0, 0.05) is 17.6 Å². The Balaban J connectivity index is 2.04. The molecule has 0 aliphatic rings.